The van der Waals surface area contributed by atoms with Crippen molar-refractivity contribution in [3.8, 4) is 0 Å². The SMILES string of the molecule is O=CC[C@@]1(N2CCC(N3CCCCC3)CC2)C[C@H](N2CCc3ccccc3NC2=O)CCN1C(=O)OCc1cc(Br)cc(Br)c1. The lowest BCUT2D eigenvalue weighted by molar-refractivity contribution is -0.128. The van der Waals surface area contributed by atoms with Gasteiger partial charge in [-0.2, -0.15) is 0 Å². The minimum atomic E-state index is -0.869. The largest absolute Gasteiger partial charge is 0.444 e. The van der Waals surface area contributed by atoms with Crippen LogP contribution < -0.4 is 5.32 Å². The van der Waals surface area contributed by atoms with Crippen molar-refractivity contribution in [1.82, 2.24) is 19.6 Å². The summed E-state index contributed by atoms with van der Waals surface area (Å²) >= 11 is 7.04. The Morgan fingerprint density at radius 3 is 2.38 bits per heavy atom. The minimum Gasteiger partial charge on any atom is -0.444 e. The summed E-state index contributed by atoms with van der Waals surface area (Å²) in [6.07, 6.45) is 8.39. The molecule has 2 aromatic carbocycles. The average Bonchev–Trinajstić information content (AvgIpc) is 3.22. The quantitative estimate of drug-likeness (QED) is 0.321. The number of carbonyl (C=O) groups is 3. The molecule has 0 unspecified atom stereocenters. The third-order valence-electron chi connectivity index (χ3n) is 10.2. The fraction of sp³-hybridized carbons (Fsp3) is 0.559. The van der Waals surface area contributed by atoms with Crippen LogP contribution in [0.15, 0.2) is 51.4 Å². The summed E-state index contributed by atoms with van der Waals surface area (Å²) in [5, 5.41) is 3.12. The van der Waals surface area contributed by atoms with Crippen LogP contribution in [0, 0.1) is 0 Å². The Bertz CT molecular complexity index is 1360. The summed E-state index contributed by atoms with van der Waals surface area (Å²) < 4.78 is 7.75. The van der Waals surface area contributed by atoms with Gasteiger partial charge in [-0.25, -0.2) is 9.59 Å². The highest BCUT2D eigenvalue weighted by atomic mass is 79.9. The lowest BCUT2D eigenvalue weighted by Gasteiger charge is -2.57. The molecule has 6 rings (SSSR count). The molecule has 242 valence electrons. The van der Waals surface area contributed by atoms with Gasteiger partial charge in [-0.1, -0.05) is 56.5 Å². The van der Waals surface area contributed by atoms with Gasteiger partial charge in [0.25, 0.3) is 0 Å². The average molecular weight is 746 g/mol. The number of likely N-dealkylation sites (tertiary alicyclic amines) is 3. The Labute approximate surface area is 282 Å². The summed E-state index contributed by atoms with van der Waals surface area (Å²) in [4.78, 5) is 48.8. The fourth-order valence-corrected chi connectivity index (χ4v) is 9.33. The van der Waals surface area contributed by atoms with Crippen molar-refractivity contribution in [2.24, 2.45) is 0 Å². The number of anilines is 1. The number of hydrogen-bond donors (Lipinski definition) is 1. The van der Waals surface area contributed by atoms with Gasteiger partial charge in [0.2, 0.25) is 0 Å². The molecule has 4 heterocycles. The Morgan fingerprint density at radius 2 is 1.64 bits per heavy atom. The van der Waals surface area contributed by atoms with Gasteiger partial charge in [0, 0.05) is 65.7 Å². The zero-order valence-corrected chi connectivity index (χ0v) is 28.9. The van der Waals surface area contributed by atoms with Crippen molar-refractivity contribution >= 4 is 56.0 Å². The van der Waals surface area contributed by atoms with Crippen LogP contribution in [0.25, 0.3) is 0 Å². The maximum absolute atomic E-state index is 14.0. The molecular weight excluding hydrogens is 702 g/mol. The number of nitrogens with one attached hydrogen (secondary N) is 1. The van der Waals surface area contributed by atoms with Crippen molar-refractivity contribution in [2.75, 3.05) is 44.6 Å². The second-order valence-corrected chi connectivity index (χ2v) is 14.7. The topological polar surface area (TPSA) is 85.4 Å². The van der Waals surface area contributed by atoms with E-state index < -0.39 is 11.8 Å². The lowest BCUT2D eigenvalue weighted by atomic mass is 9.84. The van der Waals surface area contributed by atoms with Crippen LogP contribution in [0.5, 0.6) is 0 Å². The Hall–Kier alpha value is -2.47. The first-order valence-corrected chi connectivity index (χ1v) is 17.9. The highest BCUT2D eigenvalue weighted by molar-refractivity contribution is 9.11. The molecular formula is C34H43Br2N5O4. The summed E-state index contributed by atoms with van der Waals surface area (Å²) in [6.45, 7) is 5.01. The molecule has 9 nitrogen and oxygen atoms in total. The van der Waals surface area contributed by atoms with Gasteiger partial charge in [0.15, 0.2) is 0 Å². The molecule has 0 aromatic heterocycles. The number of halogens is 2. The van der Waals surface area contributed by atoms with E-state index in [2.05, 4.69) is 53.0 Å². The van der Waals surface area contributed by atoms with E-state index in [4.69, 9.17) is 4.74 Å². The molecule has 0 aliphatic carbocycles. The number of rotatable bonds is 7. The van der Waals surface area contributed by atoms with E-state index in [-0.39, 0.29) is 25.1 Å². The Balaban J connectivity index is 1.24. The molecule has 2 aromatic rings. The van der Waals surface area contributed by atoms with Gasteiger partial charge >= 0.3 is 12.1 Å². The van der Waals surface area contributed by atoms with Crippen LogP contribution in [0.3, 0.4) is 0 Å². The number of fused-ring (bicyclic) bond motifs is 1. The first-order chi connectivity index (χ1) is 21.9. The van der Waals surface area contributed by atoms with E-state index in [1.165, 1.54) is 19.3 Å². The molecule has 0 radical (unpaired) electrons. The Morgan fingerprint density at radius 1 is 0.933 bits per heavy atom. The highest BCUT2D eigenvalue weighted by Gasteiger charge is 2.52. The second kappa shape index (κ2) is 14.5. The lowest BCUT2D eigenvalue weighted by Crippen LogP contribution is -2.70. The number of urea groups is 1. The number of nitrogens with zero attached hydrogens (tertiary/aromatic N) is 4. The monoisotopic (exact) mass is 743 g/mol. The van der Waals surface area contributed by atoms with E-state index in [0.717, 1.165) is 77.5 Å². The number of benzene rings is 2. The van der Waals surface area contributed by atoms with Gasteiger partial charge in [-0.15, -0.1) is 0 Å². The molecule has 3 fully saturated rings. The van der Waals surface area contributed by atoms with Crippen molar-refractivity contribution < 1.29 is 19.1 Å². The predicted octanol–water partition coefficient (Wildman–Crippen LogP) is 6.64. The van der Waals surface area contributed by atoms with Crippen LogP contribution >= 0.6 is 31.9 Å². The zero-order chi connectivity index (χ0) is 31.4. The van der Waals surface area contributed by atoms with Crippen molar-refractivity contribution in [3.05, 3.63) is 62.5 Å². The summed E-state index contributed by atoms with van der Waals surface area (Å²) in [7, 11) is 0. The third-order valence-corrected chi connectivity index (χ3v) is 11.1. The van der Waals surface area contributed by atoms with Gasteiger partial charge in [-0.3, -0.25) is 9.80 Å². The van der Waals surface area contributed by atoms with Crippen LogP contribution in [0.2, 0.25) is 0 Å². The molecule has 3 amide bonds. The molecule has 0 saturated carbocycles. The van der Waals surface area contributed by atoms with Gasteiger partial charge in [0.05, 0.1) is 0 Å². The third kappa shape index (κ3) is 7.26. The smallest absolute Gasteiger partial charge is 0.411 e. The van der Waals surface area contributed by atoms with Crippen molar-refractivity contribution in [1.29, 1.82) is 0 Å². The van der Waals surface area contributed by atoms with Crippen LogP contribution in [-0.2, 0) is 22.6 Å². The number of piperidine rings is 3. The van der Waals surface area contributed by atoms with Crippen molar-refractivity contribution in [2.45, 2.75) is 82.1 Å². The number of ether oxygens (including phenoxy) is 1. The van der Waals surface area contributed by atoms with Gasteiger partial charge in [-0.05, 0) is 87.0 Å². The summed E-state index contributed by atoms with van der Waals surface area (Å²) in [5.41, 5.74) is 1.96. The minimum absolute atomic E-state index is 0.120. The first kappa shape index (κ1) is 32.5. The number of hydrogen-bond acceptors (Lipinski definition) is 6. The first-order valence-electron chi connectivity index (χ1n) is 16.3. The fourth-order valence-electron chi connectivity index (χ4n) is 7.95. The van der Waals surface area contributed by atoms with E-state index >= 15 is 0 Å². The number of carbonyl (C=O) groups excluding carboxylic acids is 3. The Kier molecular flexibility index (Phi) is 10.5. The van der Waals surface area contributed by atoms with E-state index in [0.29, 0.717) is 32.0 Å². The predicted molar refractivity (Wildman–Crippen MR) is 181 cm³/mol. The molecule has 2 atom stereocenters. The maximum Gasteiger partial charge on any atom is 0.411 e. The van der Waals surface area contributed by atoms with Crippen molar-refractivity contribution in [3.63, 3.8) is 0 Å². The number of aldehydes is 1. The highest BCUT2D eigenvalue weighted by Crippen LogP contribution is 2.40. The van der Waals surface area contributed by atoms with E-state index in [9.17, 15) is 14.4 Å². The van der Waals surface area contributed by atoms with E-state index in [1.807, 2.05) is 41.3 Å². The zero-order valence-electron chi connectivity index (χ0n) is 25.8. The molecule has 0 bridgehead atoms. The normalized spacial score (nSPS) is 25.3. The molecule has 4 aliphatic rings. The summed E-state index contributed by atoms with van der Waals surface area (Å²) in [5.74, 6) is 0. The molecule has 0 spiro atoms. The number of amides is 3. The standard InChI is InChI=1S/C34H43Br2N5O4/c35-27-20-25(21-28(36)22-27)24-45-33(44)41-18-11-30(40-17-8-26-6-2-3-7-31(26)37-32(40)43)23-34(41,12-19-42)39-15-9-29(10-16-39)38-13-4-1-5-14-38/h2-3,6-7,19-22,29-30H,1,4-5,8-18,23-24H2,(H,37,43)/t30-,34+/m1/s1. The molecule has 45 heavy (non-hydrogen) atoms. The summed E-state index contributed by atoms with van der Waals surface area (Å²) in [6, 6.07) is 14.0. The molecule has 11 heteroatoms. The maximum atomic E-state index is 14.0. The van der Waals surface area contributed by atoms with E-state index in [1.54, 1.807) is 4.90 Å². The number of para-hydroxylation sites is 1. The molecule has 3 saturated heterocycles. The van der Waals surface area contributed by atoms with Gasteiger partial charge < -0.3 is 24.6 Å². The second-order valence-electron chi connectivity index (χ2n) is 12.8. The van der Waals surface area contributed by atoms with Crippen LogP contribution in [0.4, 0.5) is 15.3 Å². The molecule has 4 aliphatic heterocycles. The van der Waals surface area contributed by atoms with Crippen LogP contribution in [0.1, 0.15) is 62.5 Å². The molecule has 1 N–H and O–H groups in total. The van der Waals surface area contributed by atoms with Crippen LogP contribution in [-0.4, -0.2) is 95.0 Å². The van der Waals surface area contributed by atoms with Gasteiger partial charge in [0.1, 0.15) is 18.6 Å².